The van der Waals surface area contributed by atoms with E-state index in [1.165, 1.54) is 12.5 Å². The van der Waals surface area contributed by atoms with Gasteiger partial charge in [0.05, 0.1) is 0 Å². The minimum absolute atomic E-state index is 0.0458. The van der Waals surface area contributed by atoms with Crippen LogP contribution in [0.4, 0.5) is 4.79 Å². The third kappa shape index (κ3) is 2.89. The predicted octanol–water partition coefficient (Wildman–Crippen LogP) is 2.56. The first-order valence-corrected chi connectivity index (χ1v) is 7.49. The lowest BCUT2D eigenvalue weighted by Crippen LogP contribution is -2.41. The van der Waals surface area contributed by atoms with Crippen LogP contribution in [0.25, 0.3) is 0 Å². The van der Waals surface area contributed by atoms with Gasteiger partial charge in [-0.25, -0.2) is 4.79 Å². The Morgan fingerprint density at radius 2 is 1.82 bits per heavy atom. The number of hydrogen-bond donors (Lipinski definition) is 1. The van der Waals surface area contributed by atoms with E-state index in [1.807, 2.05) is 24.3 Å². The predicted molar refractivity (Wildman–Crippen MR) is 83.4 cm³/mol. The van der Waals surface area contributed by atoms with E-state index < -0.39 is 11.6 Å². The Kier molecular flexibility index (Phi) is 4.35. The molecule has 1 aromatic carbocycles. The van der Waals surface area contributed by atoms with Crippen LogP contribution in [0, 0.1) is 0 Å². The molecule has 0 bridgehead atoms. The van der Waals surface area contributed by atoms with E-state index in [4.69, 9.17) is 0 Å². The van der Waals surface area contributed by atoms with Crippen molar-refractivity contribution in [3.8, 4) is 0 Å². The van der Waals surface area contributed by atoms with Crippen LogP contribution in [0.5, 0.6) is 0 Å². The lowest BCUT2D eigenvalue weighted by atomic mass is 9.90. The molecule has 0 aromatic heterocycles. The quantitative estimate of drug-likeness (QED) is 0.850. The Morgan fingerprint density at radius 1 is 1.23 bits per heavy atom. The lowest BCUT2D eigenvalue weighted by molar-refractivity contribution is -0.131. The largest absolute Gasteiger partial charge is 0.325 e. The van der Waals surface area contributed by atoms with E-state index in [1.54, 1.807) is 6.92 Å². The highest BCUT2D eigenvalue weighted by molar-refractivity contribution is 6.07. The molecule has 1 N–H and O–H groups in total. The van der Waals surface area contributed by atoms with Gasteiger partial charge in [0.2, 0.25) is 0 Å². The normalized spacial score (nSPS) is 21.4. The Hall–Kier alpha value is -2.17. The van der Waals surface area contributed by atoms with Gasteiger partial charge in [0.1, 0.15) is 11.3 Å². The zero-order valence-electron chi connectivity index (χ0n) is 13.5. The van der Waals surface area contributed by atoms with Crippen LogP contribution < -0.4 is 5.32 Å². The molecule has 0 radical (unpaired) electrons. The van der Waals surface area contributed by atoms with Gasteiger partial charge in [0, 0.05) is 13.0 Å². The zero-order valence-corrected chi connectivity index (χ0v) is 13.5. The Labute approximate surface area is 130 Å². The molecule has 1 heterocycles. The first-order valence-electron chi connectivity index (χ1n) is 7.49. The van der Waals surface area contributed by atoms with Gasteiger partial charge in [-0.05, 0) is 30.9 Å². The number of amides is 3. The fourth-order valence-electron chi connectivity index (χ4n) is 2.57. The molecule has 1 aliphatic heterocycles. The highest BCUT2D eigenvalue weighted by Gasteiger charge is 2.48. The van der Waals surface area contributed by atoms with Crippen LogP contribution in [0.15, 0.2) is 24.3 Å². The van der Waals surface area contributed by atoms with Crippen LogP contribution >= 0.6 is 0 Å². The van der Waals surface area contributed by atoms with Crippen LogP contribution in [0.2, 0.25) is 0 Å². The number of ketones is 1. The number of nitrogens with one attached hydrogen (secondary N) is 1. The van der Waals surface area contributed by atoms with E-state index >= 15 is 0 Å². The fourth-order valence-corrected chi connectivity index (χ4v) is 2.57. The van der Waals surface area contributed by atoms with Gasteiger partial charge in [-0.2, -0.15) is 0 Å². The third-order valence-corrected chi connectivity index (χ3v) is 4.12. The van der Waals surface area contributed by atoms with Crippen molar-refractivity contribution in [3.63, 3.8) is 0 Å². The number of carbonyl (C=O) groups is 3. The zero-order chi connectivity index (χ0) is 16.5. The molecule has 0 aliphatic carbocycles. The number of carbonyl (C=O) groups excluding carboxylic acids is 3. The van der Waals surface area contributed by atoms with Crippen molar-refractivity contribution in [2.24, 2.45) is 0 Å². The maximum Gasteiger partial charge on any atom is 0.325 e. The fraction of sp³-hybridized carbons (Fsp3) is 0.471. The van der Waals surface area contributed by atoms with Crippen LogP contribution in [0.3, 0.4) is 0 Å². The maximum absolute atomic E-state index is 12.6. The van der Waals surface area contributed by atoms with Crippen molar-refractivity contribution in [3.05, 3.63) is 35.4 Å². The van der Waals surface area contributed by atoms with Crippen molar-refractivity contribution in [2.75, 3.05) is 6.54 Å². The highest BCUT2D eigenvalue weighted by atomic mass is 16.2. The van der Waals surface area contributed by atoms with E-state index in [-0.39, 0.29) is 24.7 Å². The van der Waals surface area contributed by atoms with Gasteiger partial charge in [-0.1, -0.05) is 38.1 Å². The topological polar surface area (TPSA) is 66.5 Å². The smallest absolute Gasteiger partial charge is 0.319 e. The van der Waals surface area contributed by atoms with Gasteiger partial charge < -0.3 is 5.32 Å². The minimum atomic E-state index is -1.07. The number of rotatable bonds is 5. The first-order chi connectivity index (χ1) is 10.3. The molecule has 22 heavy (non-hydrogen) atoms. The minimum Gasteiger partial charge on any atom is -0.319 e. The molecule has 1 fully saturated rings. The third-order valence-electron chi connectivity index (χ3n) is 4.12. The number of imide groups is 1. The number of hydrogen-bond acceptors (Lipinski definition) is 3. The van der Waals surface area contributed by atoms with Crippen LogP contribution in [-0.2, 0) is 15.1 Å². The Bertz CT molecular complexity index is 607. The Balaban J connectivity index is 2.24. The number of benzene rings is 1. The SMILES string of the molecule is CC(=O)CCN1C(=O)N[C@](C)(c2ccc(C(C)C)cc2)C1=O. The van der Waals surface area contributed by atoms with Crippen molar-refractivity contribution < 1.29 is 14.4 Å². The van der Waals surface area contributed by atoms with Gasteiger partial charge in [-0.3, -0.25) is 14.5 Å². The van der Waals surface area contributed by atoms with Gasteiger partial charge >= 0.3 is 6.03 Å². The molecule has 0 unspecified atom stereocenters. The second kappa shape index (κ2) is 5.91. The maximum atomic E-state index is 12.6. The van der Waals surface area contributed by atoms with Gasteiger partial charge in [-0.15, -0.1) is 0 Å². The summed E-state index contributed by atoms with van der Waals surface area (Å²) in [6.45, 7) is 7.47. The summed E-state index contributed by atoms with van der Waals surface area (Å²) >= 11 is 0. The standard InChI is InChI=1S/C17H22N2O3/c1-11(2)13-5-7-14(8-6-13)17(4)15(21)19(16(22)18-17)10-9-12(3)20/h5-8,11H,9-10H2,1-4H3,(H,18,22)/t17-/m1/s1. The molecule has 2 rings (SSSR count). The average Bonchev–Trinajstić information content (AvgIpc) is 2.68. The van der Waals surface area contributed by atoms with Crippen LogP contribution in [0.1, 0.15) is 51.2 Å². The van der Waals surface area contributed by atoms with Crippen molar-refractivity contribution >= 4 is 17.7 Å². The molecule has 1 aromatic rings. The highest BCUT2D eigenvalue weighted by Crippen LogP contribution is 2.30. The van der Waals surface area contributed by atoms with Gasteiger partial charge in [0.15, 0.2) is 0 Å². The van der Waals surface area contributed by atoms with Crippen molar-refractivity contribution in [1.82, 2.24) is 10.2 Å². The lowest BCUT2D eigenvalue weighted by Gasteiger charge is -2.22. The summed E-state index contributed by atoms with van der Waals surface area (Å²) in [5.74, 6) is 0.0503. The summed E-state index contributed by atoms with van der Waals surface area (Å²) < 4.78 is 0. The van der Waals surface area contributed by atoms with E-state index in [0.717, 1.165) is 10.5 Å². The molecule has 5 heteroatoms. The number of Topliss-reactive ketones (excluding diaryl/α,β-unsaturated/α-hetero) is 1. The van der Waals surface area contributed by atoms with Gasteiger partial charge in [0.25, 0.3) is 5.91 Å². The molecule has 1 atom stereocenters. The molecule has 0 spiro atoms. The van der Waals surface area contributed by atoms with E-state index in [2.05, 4.69) is 19.2 Å². The second-order valence-corrected chi connectivity index (χ2v) is 6.24. The Morgan fingerprint density at radius 3 is 2.32 bits per heavy atom. The van der Waals surface area contributed by atoms with Crippen molar-refractivity contribution in [2.45, 2.75) is 45.6 Å². The molecule has 118 valence electrons. The van der Waals surface area contributed by atoms with Crippen LogP contribution in [-0.4, -0.2) is 29.2 Å². The first kappa shape index (κ1) is 16.2. The molecule has 5 nitrogen and oxygen atoms in total. The second-order valence-electron chi connectivity index (χ2n) is 6.24. The summed E-state index contributed by atoms with van der Waals surface area (Å²) in [6.07, 6.45) is 0.182. The molecule has 3 amide bonds. The number of nitrogens with zero attached hydrogens (tertiary/aromatic N) is 1. The number of urea groups is 1. The van der Waals surface area contributed by atoms with Crippen molar-refractivity contribution in [1.29, 1.82) is 0 Å². The summed E-state index contributed by atoms with van der Waals surface area (Å²) in [4.78, 5) is 36.8. The average molecular weight is 302 g/mol. The monoisotopic (exact) mass is 302 g/mol. The molecule has 1 saturated heterocycles. The summed E-state index contributed by atoms with van der Waals surface area (Å²) in [5.41, 5.74) is 0.863. The molecular formula is C17H22N2O3. The molecule has 0 saturated carbocycles. The molecular weight excluding hydrogens is 280 g/mol. The summed E-state index contributed by atoms with van der Waals surface area (Å²) in [5, 5.41) is 2.74. The summed E-state index contributed by atoms with van der Waals surface area (Å²) in [7, 11) is 0. The molecule has 1 aliphatic rings. The van der Waals surface area contributed by atoms with E-state index in [0.29, 0.717) is 5.92 Å². The summed E-state index contributed by atoms with van der Waals surface area (Å²) in [6, 6.07) is 7.26. The van der Waals surface area contributed by atoms with E-state index in [9.17, 15) is 14.4 Å².